The topological polar surface area (TPSA) is 76.3 Å². The highest BCUT2D eigenvalue weighted by molar-refractivity contribution is 5.94. The molecule has 6 heterocycles. The number of fused-ring (bicyclic) bond motifs is 4. The molecule has 3 saturated heterocycles. The van der Waals surface area contributed by atoms with Crippen molar-refractivity contribution in [3.8, 4) is 0 Å². The normalized spacial score (nSPS) is 20.4. The second-order valence-corrected chi connectivity index (χ2v) is 10.9. The van der Waals surface area contributed by atoms with Gasteiger partial charge in [-0.25, -0.2) is 9.78 Å². The zero-order chi connectivity index (χ0) is 26.0. The molecule has 1 amide bonds. The predicted molar refractivity (Wildman–Crippen MR) is 129 cm³/mol. The SMILES string of the molecule is Cn1c(=O)n(CC(C)(C)C)c2ccc(N3CC4CCC3CN4C(=O)c3ccc(C(F)(F)F)nc3)nc21. The Bertz CT molecular complexity index is 1370. The third-order valence-electron chi connectivity index (χ3n) is 6.98. The minimum absolute atomic E-state index is 0.0278. The number of pyridine rings is 2. The first kappa shape index (κ1) is 24.3. The Kier molecular flexibility index (Phi) is 5.64. The molecule has 6 rings (SSSR count). The van der Waals surface area contributed by atoms with Crippen LogP contribution < -0.4 is 10.6 Å². The highest BCUT2D eigenvalue weighted by atomic mass is 19.4. The molecule has 2 bridgehead atoms. The number of carbonyl (C=O) groups excluding carboxylic acids is 1. The van der Waals surface area contributed by atoms with E-state index in [-0.39, 0.29) is 34.7 Å². The molecule has 3 aliphatic rings. The van der Waals surface area contributed by atoms with E-state index in [9.17, 15) is 22.8 Å². The van der Waals surface area contributed by atoms with E-state index >= 15 is 0 Å². The van der Waals surface area contributed by atoms with Crippen molar-refractivity contribution < 1.29 is 18.0 Å². The van der Waals surface area contributed by atoms with Gasteiger partial charge in [-0.15, -0.1) is 0 Å². The van der Waals surface area contributed by atoms with Gasteiger partial charge in [-0.2, -0.15) is 13.2 Å². The number of rotatable bonds is 3. The molecule has 11 heteroatoms. The summed E-state index contributed by atoms with van der Waals surface area (Å²) in [6.45, 7) is 7.84. The quantitative estimate of drug-likeness (QED) is 0.546. The molecule has 0 radical (unpaired) electrons. The lowest BCUT2D eigenvalue weighted by molar-refractivity contribution is -0.141. The Morgan fingerprint density at radius 1 is 1.06 bits per heavy atom. The number of amides is 1. The van der Waals surface area contributed by atoms with Gasteiger partial charge in [0, 0.05) is 45.0 Å². The smallest absolute Gasteiger partial charge is 0.350 e. The summed E-state index contributed by atoms with van der Waals surface area (Å²) < 4.78 is 41.8. The first-order chi connectivity index (χ1) is 16.8. The number of aromatic nitrogens is 4. The Morgan fingerprint density at radius 3 is 2.36 bits per heavy atom. The van der Waals surface area contributed by atoms with E-state index < -0.39 is 11.9 Å². The van der Waals surface area contributed by atoms with Crippen molar-refractivity contribution in [2.75, 3.05) is 18.0 Å². The first-order valence-electron chi connectivity index (χ1n) is 12.0. The first-order valence-corrected chi connectivity index (χ1v) is 12.0. The Balaban J connectivity index is 1.38. The second-order valence-electron chi connectivity index (χ2n) is 10.9. The number of nitrogens with zero attached hydrogens (tertiary/aromatic N) is 6. The molecule has 3 aliphatic heterocycles. The maximum atomic E-state index is 13.1. The van der Waals surface area contributed by atoms with Crippen LogP contribution >= 0.6 is 0 Å². The molecular formula is C25H29F3N6O2. The van der Waals surface area contributed by atoms with E-state index in [1.165, 1.54) is 6.07 Å². The zero-order valence-corrected chi connectivity index (χ0v) is 20.7. The van der Waals surface area contributed by atoms with Gasteiger partial charge in [0.05, 0.1) is 11.1 Å². The summed E-state index contributed by atoms with van der Waals surface area (Å²) in [7, 11) is 1.72. The molecule has 0 spiro atoms. The number of piperidine rings is 2. The molecule has 0 N–H and O–H groups in total. The zero-order valence-electron chi connectivity index (χ0n) is 20.7. The van der Waals surface area contributed by atoms with Gasteiger partial charge in [-0.05, 0) is 42.5 Å². The highest BCUT2D eigenvalue weighted by Gasteiger charge is 2.42. The summed E-state index contributed by atoms with van der Waals surface area (Å²) >= 11 is 0. The van der Waals surface area contributed by atoms with Gasteiger partial charge >= 0.3 is 11.9 Å². The summed E-state index contributed by atoms with van der Waals surface area (Å²) in [5.74, 6) is 0.444. The fourth-order valence-electron chi connectivity index (χ4n) is 5.26. The molecule has 2 atom stereocenters. The van der Waals surface area contributed by atoms with E-state index in [4.69, 9.17) is 4.98 Å². The van der Waals surface area contributed by atoms with Crippen LogP contribution in [-0.2, 0) is 19.8 Å². The van der Waals surface area contributed by atoms with Crippen molar-refractivity contribution >= 4 is 22.9 Å². The van der Waals surface area contributed by atoms with Crippen LogP contribution in [0.4, 0.5) is 19.0 Å². The number of hydrogen-bond donors (Lipinski definition) is 0. The Morgan fingerprint density at radius 2 is 1.78 bits per heavy atom. The number of aryl methyl sites for hydroxylation is 1. The standard InChI is InChI=1S/C25H29F3N6O2/c1-24(2,3)14-34-18-8-10-20(30-21(18)31(4)23(34)36)32-12-17-7-6-16(32)13-33(17)22(35)15-5-9-19(29-11-15)25(26,27)28/h5,8-11,16-17H,6-7,12-14H2,1-4H3. The van der Waals surface area contributed by atoms with Gasteiger partial charge in [0.25, 0.3) is 5.91 Å². The molecule has 3 fully saturated rings. The van der Waals surface area contributed by atoms with Crippen LogP contribution in [0.15, 0.2) is 35.3 Å². The maximum absolute atomic E-state index is 13.1. The average Bonchev–Trinajstić information content (AvgIpc) is 3.06. The number of hydrogen-bond acceptors (Lipinski definition) is 5. The molecule has 0 aromatic carbocycles. The molecule has 8 nitrogen and oxygen atoms in total. The Labute approximate surface area is 206 Å². The van der Waals surface area contributed by atoms with Crippen molar-refractivity contribution in [3.63, 3.8) is 0 Å². The van der Waals surface area contributed by atoms with Gasteiger partial charge in [0.1, 0.15) is 11.5 Å². The van der Waals surface area contributed by atoms with Crippen molar-refractivity contribution in [1.29, 1.82) is 0 Å². The van der Waals surface area contributed by atoms with Crippen LogP contribution in [-0.4, -0.2) is 55.1 Å². The van der Waals surface area contributed by atoms with Crippen LogP contribution in [0.2, 0.25) is 0 Å². The molecule has 192 valence electrons. The van der Waals surface area contributed by atoms with E-state index in [2.05, 4.69) is 30.7 Å². The minimum Gasteiger partial charge on any atom is -0.350 e. The predicted octanol–water partition coefficient (Wildman–Crippen LogP) is 3.69. The number of carbonyl (C=O) groups is 1. The van der Waals surface area contributed by atoms with Crippen molar-refractivity contribution in [2.45, 2.75) is 58.4 Å². The van der Waals surface area contributed by atoms with Gasteiger partial charge < -0.3 is 9.80 Å². The van der Waals surface area contributed by atoms with E-state index in [1.807, 2.05) is 12.1 Å². The van der Waals surface area contributed by atoms with E-state index in [1.54, 1.807) is 21.1 Å². The number of halogens is 3. The highest BCUT2D eigenvalue weighted by Crippen LogP contribution is 2.34. The van der Waals surface area contributed by atoms with Crippen LogP contribution in [0, 0.1) is 5.41 Å². The number of imidazole rings is 1. The van der Waals surface area contributed by atoms with Crippen molar-refractivity contribution in [2.24, 2.45) is 12.5 Å². The summed E-state index contributed by atoms with van der Waals surface area (Å²) in [5, 5.41) is 0. The minimum atomic E-state index is -4.54. The fourth-order valence-corrected chi connectivity index (χ4v) is 5.26. The lowest BCUT2D eigenvalue weighted by Gasteiger charge is -2.52. The maximum Gasteiger partial charge on any atom is 0.433 e. The van der Waals surface area contributed by atoms with Crippen LogP contribution in [0.1, 0.15) is 49.7 Å². The number of anilines is 1. The Hall–Kier alpha value is -3.37. The van der Waals surface area contributed by atoms with Gasteiger partial charge in [0.15, 0.2) is 5.65 Å². The third kappa shape index (κ3) is 4.24. The summed E-state index contributed by atoms with van der Waals surface area (Å²) in [6, 6.07) is 5.83. The summed E-state index contributed by atoms with van der Waals surface area (Å²) in [6.07, 6.45) is -1.85. The largest absolute Gasteiger partial charge is 0.433 e. The van der Waals surface area contributed by atoms with E-state index in [0.29, 0.717) is 25.3 Å². The molecule has 3 aromatic rings. The number of piperazine rings is 1. The van der Waals surface area contributed by atoms with Crippen LogP contribution in [0.5, 0.6) is 0 Å². The monoisotopic (exact) mass is 502 g/mol. The van der Waals surface area contributed by atoms with Crippen molar-refractivity contribution in [3.05, 3.63) is 52.2 Å². The molecular weight excluding hydrogens is 473 g/mol. The van der Waals surface area contributed by atoms with Crippen LogP contribution in [0.3, 0.4) is 0 Å². The number of alkyl halides is 3. The van der Waals surface area contributed by atoms with Crippen molar-refractivity contribution in [1.82, 2.24) is 24.0 Å². The second kappa shape index (κ2) is 8.35. The van der Waals surface area contributed by atoms with Crippen LogP contribution in [0.25, 0.3) is 11.2 Å². The molecule has 0 aliphatic carbocycles. The third-order valence-corrected chi connectivity index (χ3v) is 6.98. The molecule has 36 heavy (non-hydrogen) atoms. The lowest BCUT2D eigenvalue weighted by Crippen LogP contribution is -2.64. The molecule has 0 saturated carbocycles. The van der Waals surface area contributed by atoms with E-state index in [0.717, 1.165) is 36.4 Å². The van der Waals surface area contributed by atoms with Gasteiger partial charge in [0.2, 0.25) is 0 Å². The summed E-state index contributed by atoms with van der Waals surface area (Å²) in [5.41, 5.74) is 0.365. The van der Waals surface area contributed by atoms with Gasteiger partial charge in [-0.3, -0.25) is 18.9 Å². The lowest BCUT2D eigenvalue weighted by atomic mass is 9.90. The molecule has 2 unspecified atom stereocenters. The molecule has 3 aromatic heterocycles. The van der Waals surface area contributed by atoms with Gasteiger partial charge in [-0.1, -0.05) is 20.8 Å². The average molecular weight is 503 g/mol. The fraction of sp³-hybridized carbons (Fsp3) is 0.520. The summed E-state index contributed by atoms with van der Waals surface area (Å²) in [4.78, 5) is 38.2.